The molecule has 2 saturated carbocycles. The average Bonchev–Trinajstić information content (AvgIpc) is 2.63. The maximum Gasteiger partial charge on any atom is 0.327 e. The van der Waals surface area contributed by atoms with Crippen LogP contribution in [0.1, 0.15) is 41.0 Å². The molecule has 3 fully saturated rings. The maximum absolute atomic E-state index is 12.2. The average molecular weight is 233 g/mol. The highest BCUT2D eigenvalue weighted by molar-refractivity contribution is 5.85. The van der Waals surface area contributed by atoms with Crippen molar-refractivity contribution in [2.24, 2.45) is 28.1 Å². The summed E-state index contributed by atoms with van der Waals surface area (Å²) in [5.41, 5.74) is -1.42. The van der Waals surface area contributed by atoms with Crippen molar-refractivity contribution in [2.75, 3.05) is 0 Å². The van der Waals surface area contributed by atoms with Crippen LogP contribution in [0.5, 0.6) is 0 Å². The molecule has 92 valence electrons. The summed E-state index contributed by atoms with van der Waals surface area (Å²) in [4.78, 5) is 12.2. The third-order valence-corrected chi connectivity index (χ3v) is 6.81. The predicted octanol–water partition coefficient (Wildman–Crippen LogP) is 2.51. The third-order valence-electron chi connectivity index (χ3n) is 6.81. The molecule has 17 heavy (non-hydrogen) atoms. The van der Waals surface area contributed by atoms with Crippen LogP contribution in [-0.4, -0.2) is 11.6 Å². The van der Waals surface area contributed by atoms with Crippen molar-refractivity contribution < 1.29 is 9.53 Å². The molecule has 5 atom stereocenters. The molecular formula is C14H19NO2. The summed E-state index contributed by atoms with van der Waals surface area (Å²) in [6.45, 7) is 10.8. The van der Waals surface area contributed by atoms with Gasteiger partial charge in [0.05, 0.1) is 6.07 Å². The first-order valence-corrected chi connectivity index (χ1v) is 6.32. The van der Waals surface area contributed by atoms with Gasteiger partial charge in [0, 0.05) is 11.3 Å². The molecule has 0 aromatic carbocycles. The summed E-state index contributed by atoms with van der Waals surface area (Å²) in [5, 5.41) is 9.50. The van der Waals surface area contributed by atoms with Gasteiger partial charge in [-0.2, -0.15) is 5.26 Å². The largest absolute Gasteiger partial charge is 0.457 e. The summed E-state index contributed by atoms with van der Waals surface area (Å²) >= 11 is 0. The molecule has 2 bridgehead atoms. The zero-order valence-corrected chi connectivity index (χ0v) is 11.1. The summed E-state index contributed by atoms with van der Waals surface area (Å²) < 4.78 is 5.71. The van der Waals surface area contributed by atoms with Gasteiger partial charge in [0.2, 0.25) is 0 Å². The lowest BCUT2D eigenvalue weighted by atomic mass is 9.55. The first-order chi connectivity index (χ1) is 7.67. The number of nitriles is 1. The van der Waals surface area contributed by atoms with Gasteiger partial charge in [-0.25, -0.2) is 0 Å². The summed E-state index contributed by atoms with van der Waals surface area (Å²) in [7, 11) is 0. The number of esters is 1. The van der Waals surface area contributed by atoms with E-state index in [1.807, 2.05) is 6.92 Å². The fourth-order valence-electron chi connectivity index (χ4n) is 5.17. The molecule has 2 aliphatic carbocycles. The molecule has 5 unspecified atom stereocenters. The lowest BCUT2D eigenvalue weighted by Gasteiger charge is -2.48. The second-order valence-corrected chi connectivity index (χ2v) is 7.07. The molecule has 0 N–H and O–H groups in total. The highest BCUT2D eigenvalue weighted by Gasteiger charge is 2.85. The Kier molecular flexibility index (Phi) is 1.55. The van der Waals surface area contributed by atoms with Gasteiger partial charge in [-0.05, 0) is 24.7 Å². The van der Waals surface area contributed by atoms with E-state index in [2.05, 4.69) is 33.8 Å². The SMILES string of the molecule is CC1C2C3(C#N)CC1(C)C(C)(C)C2(C)OC3=O. The van der Waals surface area contributed by atoms with Gasteiger partial charge in [0.1, 0.15) is 5.60 Å². The summed E-state index contributed by atoms with van der Waals surface area (Å²) in [6.07, 6.45) is 0.657. The number of nitrogens with zero attached hydrogens (tertiary/aromatic N) is 1. The summed E-state index contributed by atoms with van der Waals surface area (Å²) in [5.74, 6) is 0.120. The first kappa shape index (κ1) is 11.1. The van der Waals surface area contributed by atoms with Crippen molar-refractivity contribution in [1.82, 2.24) is 0 Å². The Morgan fingerprint density at radius 1 is 1.35 bits per heavy atom. The van der Waals surface area contributed by atoms with Crippen LogP contribution in [0.15, 0.2) is 0 Å². The molecule has 0 amide bonds. The van der Waals surface area contributed by atoms with E-state index >= 15 is 0 Å². The Labute approximate surface area is 102 Å². The second kappa shape index (κ2) is 2.39. The van der Waals surface area contributed by atoms with E-state index in [1.54, 1.807) is 0 Å². The molecule has 0 aromatic rings. The van der Waals surface area contributed by atoms with Crippen molar-refractivity contribution >= 4 is 5.97 Å². The van der Waals surface area contributed by atoms with Gasteiger partial charge in [-0.1, -0.05) is 27.7 Å². The minimum absolute atomic E-state index is 0.00824. The van der Waals surface area contributed by atoms with Gasteiger partial charge in [-0.3, -0.25) is 4.79 Å². The topological polar surface area (TPSA) is 50.1 Å². The van der Waals surface area contributed by atoms with Gasteiger partial charge in [0.25, 0.3) is 0 Å². The van der Waals surface area contributed by atoms with E-state index in [-0.39, 0.29) is 22.7 Å². The van der Waals surface area contributed by atoms with Crippen molar-refractivity contribution in [2.45, 2.75) is 46.6 Å². The second-order valence-electron chi connectivity index (χ2n) is 7.07. The van der Waals surface area contributed by atoms with E-state index in [0.29, 0.717) is 12.3 Å². The van der Waals surface area contributed by atoms with Crippen LogP contribution in [-0.2, 0) is 9.53 Å². The number of carbonyl (C=O) groups excluding carboxylic acids is 1. The number of rotatable bonds is 0. The standard InChI is InChI=1S/C14H19NO2/c1-8-9-13(5)11(2,3)12(8,4)6-14(9,7-15)10(16)17-13/h8-9H,6H2,1-5H3. The Bertz CT molecular complexity index is 477. The van der Waals surface area contributed by atoms with Crippen molar-refractivity contribution in [3.8, 4) is 6.07 Å². The monoisotopic (exact) mass is 233 g/mol. The molecule has 3 heteroatoms. The smallest absolute Gasteiger partial charge is 0.327 e. The predicted molar refractivity (Wildman–Crippen MR) is 61.7 cm³/mol. The fraction of sp³-hybridized carbons (Fsp3) is 0.857. The number of hydrogen-bond acceptors (Lipinski definition) is 3. The third kappa shape index (κ3) is 0.723. The van der Waals surface area contributed by atoms with Crippen LogP contribution in [0.4, 0.5) is 0 Å². The molecule has 1 heterocycles. The molecule has 3 rings (SSSR count). The van der Waals surface area contributed by atoms with E-state index in [4.69, 9.17) is 4.74 Å². The van der Waals surface area contributed by atoms with Gasteiger partial charge < -0.3 is 4.74 Å². The molecule has 3 aliphatic rings. The molecular weight excluding hydrogens is 214 g/mol. The van der Waals surface area contributed by atoms with Crippen LogP contribution in [0.25, 0.3) is 0 Å². The van der Waals surface area contributed by atoms with Crippen molar-refractivity contribution in [3.05, 3.63) is 0 Å². The van der Waals surface area contributed by atoms with Gasteiger partial charge in [0.15, 0.2) is 5.41 Å². The van der Waals surface area contributed by atoms with Crippen LogP contribution in [0.3, 0.4) is 0 Å². The normalized spacial score (nSPS) is 58.0. The van der Waals surface area contributed by atoms with E-state index in [1.165, 1.54) is 0 Å². The molecule has 1 aliphatic heterocycles. The lowest BCUT2D eigenvalue weighted by Crippen LogP contribution is -2.51. The van der Waals surface area contributed by atoms with Crippen molar-refractivity contribution in [1.29, 1.82) is 5.26 Å². The van der Waals surface area contributed by atoms with E-state index < -0.39 is 11.0 Å². The first-order valence-electron chi connectivity index (χ1n) is 6.32. The van der Waals surface area contributed by atoms with E-state index in [9.17, 15) is 10.1 Å². The fourth-order valence-corrected chi connectivity index (χ4v) is 5.17. The van der Waals surface area contributed by atoms with Crippen LogP contribution < -0.4 is 0 Å². The molecule has 1 saturated heterocycles. The molecule has 0 spiro atoms. The number of carbonyl (C=O) groups is 1. The molecule has 0 radical (unpaired) electrons. The van der Waals surface area contributed by atoms with Crippen LogP contribution >= 0.6 is 0 Å². The van der Waals surface area contributed by atoms with Crippen LogP contribution in [0, 0.1) is 39.4 Å². The van der Waals surface area contributed by atoms with Crippen molar-refractivity contribution in [3.63, 3.8) is 0 Å². The Morgan fingerprint density at radius 2 is 1.94 bits per heavy atom. The van der Waals surface area contributed by atoms with E-state index in [0.717, 1.165) is 0 Å². The highest BCUT2D eigenvalue weighted by Crippen LogP contribution is 2.80. The molecule has 0 aromatic heterocycles. The Balaban J connectivity index is 2.32. The highest BCUT2D eigenvalue weighted by atomic mass is 16.6. The summed E-state index contributed by atoms with van der Waals surface area (Å²) in [6, 6.07) is 2.29. The zero-order chi connectivity index (χ0) is 12.9. The quantitative estimate of drug-likeness (QED) is 0.604. The Morgan fingerprint density at radius 3 is 2.41 bits per heavy atom. The maximum atomic E-state index is 12.2. The molecule has 3 nitrogen and oxygen atoms in total. The lowest BCUT2D eigenvalue weighted by molar-refractivity contribution is -0.158. The minimum Gasteiger partial charge on any atom is -0.457 e. The zero-order valence-electron chi connectivity index (χ0n) is 11.1. The van der Waals surface area contributed by atoms with Crippen LogP contribution in [0.2, 0.25) is 0 Å². The number of ether oxygens (including phenoxy) is 1. The van der Waals surface area contributed by atoms with Gasteiger partial charge in [-0.15, -0.1) is 0 Å². The number of hydrogen-bond donors (Lipinski definition) is 0. The number of fused-ring (bicyclic) bond motifs is 1. The Hall–Kier alpha value is -1.04. The minimum atomic E-state index is -0.877. The van der Waals surface area contributed by atoms with Gasteiger partial charge >= 0.3 is 5.97 Å².